The van der Waals surface area contributed by atoms with Crippen LogP contribution in [0.2, 0.25) is 0 Å². The third kappa shape index (κ3) is 3.85. The van der Waals surface area contributed by atoms with E-state index in [1.165, 1.54) is 0 Å². The lowest BCUT2D eigenvalue weighted by molar-refractivity contribution is 0.137. The van der Waals surface area contributed by atoms with E-state index >= 15 is 0 Å². The summed E-state index contributed by atoms with van der Waals surface area (Å²) in [5.41, 5.74) is 6.92. The molecule has 106 valence electrons. The smallest absolute Gasteiger partial charge is 0.164 e. The standard InChI is InChI=1S/C15H23NO3/c1-15(2,16)9-11-5-4-6-13(17-3)14(11)19-12-7-8-18-10-12/h4-6,12H,7-10,16H2,1-3H3. The summed E-state index contributed by atoms with van der Waals surface area (Å²) in [5.74, 6) is 1.56. The first-order valence-electron chi connectivity index (χ1n) is 6.69. The highest BCUT2D eigenvalue weighted by Gasteiger charge is 2.23. The number of hydrogen-bond acceptors (Lipinski definition) is 4. The average Bonchev–Trinajstić information content (AvgIpc) is 2.82. The molecule has 0 bridgehead atoms. The fourth-order valence-corrected chi connectivity index (χ4v) is 2.26. The highest BCUT2D eigenvalue weighted by Crippen LogP contribution is 2.34. The zero-order valence-corrected chi connectivity index (χ0v) is 11.9. The molecule has 1 fully saturated rings. The Morgan fingerprint density at radius 2 is 2.21 bits per heavy atom. The van der Waals surface area contributed by atoms with Gasteiger partial charge in [-0.15, -0.1) is 0 Å². The van der Waals surface area contributed by atoms with E-state index in [9.17, 15) is 0 Å². The molecule has 1 aromatic carbocycles. The minimum Gasteiger partial charge on any atom is -0.493 e. The quantitative estimate of drug-likeness (QED) is 0.886. The van der Waals surface area contributed by atoms with Gasteiger partial charge in [0.2, 0.25) is 0 Å². The maximum absolute atomic E-state index is 6.12. The number of hydrogen-bond donors (Lipinski definition) is 1. The first-order chi connectivity index (χ1) is 8.99. The summed E-state index contributed by atoms with van der Waals surface area (Å²) in [6, 6.07) is 5.93. The molecule has 1 saturated heterocycles. The fraction of sp³-hybridized carbons (Fsp3) is 0.600. The average molecular weight is 265 g/mol. The Morgan fingerprint density at radius 1 is 1.42 bits per heavy atom. The lowest BCUT2D eigenvalue weighted by Crippen LogP contribution is -2.34. The Balaban J connectivity index is 2.25. The van der Waals surface area contributed by atoms with Gasteiger partial charge in [-0.25, -0.2) is 0 Å². The summed E-state index contributed by atoms with van der Waals surface area (Å²) in [4.78, 5) is 0. The van der Waals surface area contributed by atoms with Gasteiger partial charge in [-0.1, -0.05) is 12.1 Å². The van der Waals surface area contributed by atoms with Gasteiger partial charge in [0.1, 0.15) is 6.10 Å². The molecule has 0 radical (unpaired) electrons. The van der Waals surface area contributed by atoms with E-state index in [0.717, 1.165) is 36.5 Å². The molecule has 2 rings (SSSR count). The highest BCUT2D eigenvalue weighted by atomic mass is 16.6. The van der Waals surface area contributed by atoms with Crippen LogP contribution in [0.5, 0.6) is 11.5 Å². The number of benzene rings is 1. The maximum Gasteiger partial charge on any atom is 0.164 e. The molecule has 1 aliphatic heterocycles. The van der Waals surface area contributed by atoms with Crippen LogP contribution in [0.4, 0.5) is 0 Å². The molecule has 19 heavy (non-hydrogen) atoms. The van der Waals surface area contributed by atoms with Crippen LogP contribution in [0.3, 0.4) is 0 Å². The molecule has 1 atom stereocenters. The van der Waals surface area contributed by atoms with Crippen molar-refractivity contribution in [2.24, 2.45) is 5.73 Å². The Hall–Kier alpha value is -1.26. The largest absolute Gasteiger partial charge is 0.493 e. The van der Waals surface area contributed by atoms with Crippen molar-refractivity contribution in [3.63, 3.8) is 0 Å². The van der Waals surface area contributed by atoms with Crippen molar-refractivity contribution in [3.8, 4) is 11.5 Å². The molecule has 1 heterocycles. The first kappa shape index (κ1) is 14.2. The summed E-state index contributed by atoms with van der Waals surface area (Å²) in [6.07, 6.45) is 1.77. The molecule has 0 aromatic heterocycles. The summed E-state index contributed by atoms with van der Waals surface area (Å²) >= 11 is 0. The minimum absolute atomic E-state index is 0.107. The van der Waals surface area contributed by atoms with E-state index in [-0.39, 0.29) is 11.6 Å². The summed E-state index contributed by atoms with van der Waals surface area (Å²) in [5, 5.41) is 0. The monoisotopic (exact) mass is 265 g/mol. The van der Waals surface area contributed by atoms with Crippen molar-refractivity contribution in [3.05, 3.63) is 23.8 Å². The summed E-state index contributed by atoms with van der Waals surface area (Å²) in [6.45, 7) is 5.42. The van der Waals surface area contributed by atoms with Crippen molar-refractivity contribution in [1.82, 2.24) is 0 Å². The van der Waals surface area contributed by atoms with Crippen LogP contribution < -0.4 is 15.2 Å². The molecule has 4 heteroatoms. The predicted molar refractivity (Wildman–Crippen MR) is 74.8 cm³/mol. The Labute approximate surface area is 114 Å². The van der Waals surface area contributed by atoms with Crippen molar-refractivity contribution in [1.29, 1.82) is 0 Å². The van der Waals surface area contributed by atoms with Gasteiger partial charge in [0.25, 0.3) is 0 Å². The zero-order valence-electron chi connectivity index (χ0n) is 11.9. The van der Waals surface area contributed by atoms with Crippen molar-refractivity contribution in [2.45, 2.75) is 38.3 Å². The van der Waals surface area contributed by atoms with Crippen LogP contribution in [0, 0.1) is 0 Å². The molecule has 2 N–H and O–H groups in total. The van der Waals surface area contributed by atoms with Gasteiger partial charge < -0.3 is 19.9 Å². The number of para-hydroxylation sites is 1. The fourth-order valence-electron chi connectivity index (χ4n) is 2.26. The van der Waals surface area contributed by atoms with Gasteiger partial charge >= 0.3 is 0 Å². The number of ether oxygens (including phenoxy) is 3. The lowest BCUT2D eigenvalue weighted by atomic mass is 9.95. The van der Waals surface area contributed by atoms with E-state index in [1.54, 1.807) is 7.11 Å². The van der Waals surface area contributed by atoms with E-state index < -0.39 is 0 Å². The first-order valence-corrected chi connectivity index (χ1v) is 6.69. The number of rotatable bonds is 5. The molecule has 0 aliphatic carbocycles. The van der Waals surface area contributed by atoms with E-state index in [2.05, 4.69) is 0 Å². The van der Waals surface area contributed by atoms with Gasteiger partial charge in [0.05, 0.1) is 20.3 Å². The van der Waals surface area contributed by atoms with E-state index in [1.807, 2.05) is 32.0 Å². The molecule has 0 spiro atoms. The topological polar surface area (TPSA) is 53.7 Å². The van der Waals surface area contributed by atoms with Gasteiger partial charge in [-0.3, -0.25) is 0 Å². The van der Waals surface area contributed by atoms with Crippen LogP contribution in [0.1, 0.15) is 25.8 Å². The molecule has 0 saturated carbocycles. The third-order valence-corrected chi connectivity index (χ3v) is 3.10. The van der Waals surface area contributed by atoms with E-state index in [4.69, 9.17) is 19.9 Å². The number of methoxy groups -OCH3 is 1. The van der Waals surface area contributed by atoms with Gasteiger partial charge in [0, 0.05) is 12.0 Å². The summed E-state index contributed by atoms with van der Waals surface area (Å²) in [7, 11) is 1.66. The van der Waals surface area contributed by atoms with Crippen LogP contribution >= 0.6 is 0 Å². The van der Waals surface area contributed by atoms with Gasteiger partial charge in [-0.2, -0.15) is 0 Å². The second kappa shape index (κ2) is 5.80. The second-order valence-corrected chi connectivity index (χ2v) is 5.72. The molecular weight excluding hydrogens is 242 g/mol. The Bertz CT molecular complexity index is 420. The molecule has 1 unspecified atom stereocenters. The SMILES string of the molecule is COc1cccc(CC(C)(C)N)c1OC1CCOC1. The maximum atomic E-state index is 6.12. The van der Waals surface area contributed by atoms with Crippen LogP contribution in [0.15, 0.2) is 18.2 Å². The molecule has 1 aliphatic rings. The summed E-state index contributed by atoms with van der Waals surface area (Å²) < 4.78 is 16.8. The predicted octanol–water partition coefficient (Wildman–Crippen LogP) is 2.14. The normalized spacial score (nSPS) is 19.5. The third-order valence-electron chi connectivity index (χ3n) is 3.10. The van der Waals surface area contributed by atoms with Crippen LogP contribution in [0.25, 0.3) is 0 Å². The molecule has 4 nitrogen and oxygen atoms in total. The zero-order chi connectivity index (χ0) is 13.9. The molecular formula is C15H23NO3. The highest BCUT2D eigenvalue weighted by molar-refractivity contribution is 5.47. The Morgan fingerprint density at radius 3 is 2.79 bits per heavy atom. The molecule has 0 amide bonds. The van der Waals surface area contributed by atoms with Crippen molar-refractivity contribution in [2.75, 3.05) is 20.3 Å². The van der Waals surface area contributed by atoms with Crippen molar-refractivity contribution < 1.29 is 14.2 Å². The minimum atomic E-state index is -0.281. The second-order valence-electron chi connectivity index (χ2n) is 5.72. The van der Waals surface area contributed by atoms with Gasteiger partial charge in [0.15, 0.2) is 11.5 Å². The Kier molecular flexibility index (Phi) is 4.32. The van der Waals surface area contributed by atoms with Gasteiger partial charge in [-0.05, 0) is 31.9 Å². The molecule has 1 aromatic rings. The van der Waals surface area contributed by atoms with Crippen molar-refractivity contribution >= 4 is 0 Å². The van der Waals surface area contributed by atoms with Crippen LogP contribution in [-0.2, 0) is 11.2 Å². The number of nitrogens with two attached hydrogens (primary N) is 1. The lowest BCUT2D eigenvalue weighted by Gasteiger charge is -2.23. The van der Waals surface area contributed by atoms with Crippen LogP contribution in [-0.4, -0.2) is 32.0 Å². The van der Waals surface area contributed by atoms with E-state index in [0.29, 0.717) is 6.61 Å².